The SMILES string of the molecule is COCc1ccc(Nc2cc(C3(C(=O)O)CC3)ccc2N(CC(C)C)C2CCOCC2)cn1. The lowest BCUT2D eigenvalue weighted by atomic mass is 9.94. The average Bonchev–Trinajstić information content (AvgIpc) is 3.62. The van der Waals surface area contributed by atoms with Gasteiger partial charge in [0, 0.05) is 32.9 Å². The van der Waals surface area contributed by atoms with E-state index in [-0.39, 0.29) is 0 Å². The number of anilines is 3. The summed E-state index contributed by atoms with van der Waals surface area (Å²) in [4.78, 5) is 19.0. The van der Waals surface area contributed by atoms with E-state index in [1.807, 2.05) is 24.3 Å². The number of ether oxygens (including phenoxy) is 2. The van der Waals surface area contributed by atoms with Gasteiger partial charge in [-0.3, -0.25) is 9.78 Å². The zero-order valence-electron chi connectivity index (χ0n) is 19.8. The Balaban J connectivity index is 1.72. The van der Waals surface area contributed by atoms with Crippen molar-refractivity contribution < 1.29 is 19.4 Å². The molecule has 33 heavy (non-hydrogen) atoms. The van der Waals surface area contributed by atoms with Crippen molar-refractivity contribution in [2.75, 3.05) is 37.1 Å². The lowest BCUT2D eigenvalue weighted by Gasteiger charge is -2.38. The lowest BCUT2D eigenvalue weighted by molar-refractivity contribution is -0.140. The van der Waals surface area contributed by atoms with Crippen LogP contribution < -0.4 is 10.2 Å². The van der Waals surface area contributed by atoms with Crippen LogP contribution in [0, 0.1) is 5.92 Å². The molecule has 0 unspecified atom stereocenters. The minimum atomic E-state index is -0.753. The van der Waals surface area contributed by atoms with E-state index in [0.29, 0.717) is 31.4 Å². The summed E-state index contributed by atoms with van der Waals surface area (Å²) in [5, 5.41) is 13.4. The van der Waals surface area contributed by atoms with E-state index < -0.39 is 11.4 Å². The van der Waals surface area contributed by atoms with Gasteiger partial charge in [-0.2, -0.15) is 0 Å². The molecule has 7 nitrogen and oxygen atoms in total. The van der Waals surface area contributed by atoms with Crippen molar-refractivity contribution in [2.45, 2.75) is 57.6 Å². The van der Waals surface area contributed by atoms with Crippen LogP contribution in [-0.2, 0) is 26.3 Å². The Morgan fingerprint density at radius 1 is 1.27 bits per heavy atom. The highest BCUT2D eigenvalue weighted by Crippen LogP contribution is 2.50. The predicted octanol–water partition coefficient (Wildman–Crippen LogP) is 4.73. The predicted molar refractivity (Wildman–Crippen MR) is 129 cm³/mol. The summed E-state index contributed by atoms with van der Waals surface area (Å²) in [7, 11) is 1.65. The van der Waals surface area contributed by atoms with Gasteiger partial charge >= 0.3 is 5.97 Å². The minimum Gasteiger partial charge on any atom is -0.481 e. The molecule has 0 atom stereocenters. The number of benzene rings is 1. The van der Waals surface area contributed by atoms with Crippen LogP contribution in [0.1, 0.15) is 50.8 Å². The molecule has 1 saturated heterocycles. The summed E-state index contributed by atoms with van der Waals surface area (Å²) in [6.45, 7) is 7.40. The highest BCUT2D eigenvalue weighted by molar-refractivity contribution is 5.87. The molecule has 7 heteroatoms. The fourth-order valence-electron chi connectivity index (χ4n) is 4.66. The monoisotopic (exact) mass is 453 g/mol. The Labute approximate surface area is 196 Å². The highest BCUT2D eigenvalue weighted by Gasteiger charge is 2.52. The van der Waals surface area contributed by atoms with Crippen LogP contribution in [0.3, 0.4) is 0 Å². The molecule has 0 spiro atoms. The smallest absolute Gasteiger partial charge is 0.314 e. The number of hydrogen-bond donors (Lipinski definition) is 2. The van der Waals surface area contributed by atoms with Gasteiger partial charge in [-0.1, -0.05) is 19.9 Å². The normalized spacial score (nSPS) is 17.7. The van der Waals surface area contributed by atoms with Gasteiger partial charge in [-0.15, -0.1) is 0 Å². The molecular formula is C26H35N3O4. The molecule has 2 fully saturated rings. The standard InChI is InChI=1S/C26H35N3O4/c1-18(2)16-29(22-8-12-33-13-9-22)24-7-4-19(26(10-11-26)25(30)31)14-23(24)28-20-5-6-21(17-32-3)27-15-20/h4-7,14-15,18,22,28H,8-13,16-17H2,1-3H3,(H,30,31). The third-order valence-corrected chi connectivity index (χ3v) is 6.61. The van der Waals surface area contributed by atoms with Crippen LogP contribution in [0.15, 0.2) is 36.5 Å². The average molecular weight is 454 g/mol. The zero-order valence-corrected chi connectivity index (χ0v) is 19.8. The van der Waals surface area contributed by atoms with Gasteiger partial charge in [0.25, 0.3) is 0 Å². The van der Waals surface area contributed by atoms with E-state index in [4.69, 9.17) is 9.47 Å². The molecule has 4 rings (SSSR count). The highest BCUT2D eigenvalue weighted by atomic mass is 16.5. The Morgan fingerprint density at radius 3 is 2.61 bits per heavy atom. The fourth-order valence-corrected chi connectivity index (χ4v) is 4.66. The molecule has 1 aromatic carbocycles. The van der Waals surface area contributed by atoms with Gasteiger partial charge in [-0.25, -0.2) is 0 Å². The summed E-state index contributed by atoms with van der Waals surface area (Å²) in [5.74, 6) is -0.251. The van der Waals surface area contributed by atoms with E-state index in [1.54, 1.807) is 13.3 Å². The number of methoxy groups -OCH3 is 1. The summed E-state index contributed by atoms with van der Waals surface area (Å²) in [5.41, 5.74) is 3.86. The van der Waals surface area contributed by atoms with Gasteiger partial charge in [0.2, 0.25) is 0 Å². The topological polar surface area (TPSA) is 83.9 Å². The summed E-state index contributed by atoms with van der Waals surface area (Å²) >= 11 is 0. The number of pyridine rings is 1. The van der Waals surface area contributed by atoms with Gasteiger partial charge < -0.3 is 24.8 Å². The number of rotatable bonds is 10. The van der Waals surface area contributed by atoms with Crippen molar-refractivity contribution in [1.82, 2.24) is 4.98 Å². The molecule has 1 aliphatic heterocycles. The lowest BCUT2D eigenvalue weighted by Crippen LogP contribution is -2.42. The van der Waals surface area contributed by atoms with Crippen LogP contribution in [0.4, 0.5) is 17.1 Å². The summed E-state index contributed by atoms with van der Waals surface area (Å²) in [6.07, 6.45) is 5.14. The third kappa shape index (κ3) is 5.31. The van der Waals surface area contributed by atoms with E-state index in [9.17, 15) is 9.90 Å². The van der Waals surface area contributed by atoms with Crippen molar-refractivity contribution in [2.24, 2.45) is 5.92 Å². The first-order valence-electron chi connectivity index (χ1n) is 11.9. The number of nitrogens with zero attached hydrogens (tertiary/aromatic N) is 2. The Morgan fingerprint density at radius 2 is 2.03 bits per heavy atom. The maximum absolute atomic E-state index is 12.0. The van der Waals surface area contributed by atoms with Crippen molar-refractivity contribution >= 4 is 23.0 Å². The molecular weight excluding hydrogens is 418 g/mol. The van der Waals surface area contributed by atoms with Crippen LogP contribution in [0.2, 0.25) is 0 Å². The first kappa shape index (κ1) is 23.5. The first-order chi connectivity index (χ1) is 15.9. The van der Waals surface area contributed by atoms with Crippen LogP contribution in [0.25, 0.3) is 0 Å². The number of carbonyl (C=O) groups is 1. The molecule has 178 valence electrons. The molecule has 1 aromatic heterocycles. The Hall–Kier alpha value is -2.64. The molecule has 2 N–H and O–H groups in total. The third-order valence-electron chi connectivity index (χ3n) is 6.61. The molecule has 0 radical (unpaired) electrons. The Bertz CT molecular complexity index is 951. The molecule has 2 aliphatic rings. The van der Waals surface area contributed by atoms with Gasteiger partial charge in [-0.05, 0) is 61.4 Å². The second-order valence-corrected chi connectivity index (χ2v) is 9.61. The number of aromatic nitrogens is 1. The number of carboxylic acids is 1. The van der Waals surface area contributed by atoms with E-state index in [2.05, 4.69) is 35.1 Å². The molecule has 2 aromatic rings. The van der Waals surface area contributed by atoms with E-state index >= 15 is 0 Å². The Kier molecular flexibility index (Phi) is 7.20. The zero-order chi connectivity index (χ0) is 23.4. The second-order valence-electron chi connectivity index (χ2n) is 9.61. The van der Waals surface area contributed by atoms with Crippen molar-refractivity contribution in [3.8, 4) is 0 Å². The first-order valence-corrected chi connectivity index (χ1v) is 11.9. The summed E-state index contributed by atoms with van der Waals surface area (Å²) in [6, 6.07) is 10.5. The largest absolute Gasteiger partial charge is 0.481 e. The van der Waals surface area contributed by atoms with E-state index in [0.717, 1.165) is 60.9 Å². The quantitative estimate of drug-likeness (QED) is 0.538. The van der Waals surface area contributed by atoms with Crippen molar-refractivity contribution in [1.29, 1.82) is 0 Å². The van der Waals surface area contributed by atoms with Crippen LogP contribution in [0.5, 0.6) is 0 Å². The maximum atomic E-state index is 12.0. The number of nitrogens with one attached hydrogen (secondary N) is 1. The van der Waals surface area contributed by atoms with E-state index in [1.165, 1.54) is 0 Å². The molecule has 0 amide bonds. The second kappa shape index (κ2) is 10.1. The number of aliphatic carboxylic acids is 1. The number of hydrogen-bond acceptors (Lipinski definition) is 6. The van der Waals surface area contributed by atoms with Crippen molar-refractivity contribution in [3.63, 3.8) is 0 Å². The van der Waals surface area contributed by atoms with Crippen LogP contribution >= 0.6 is 0 Å². The van der Waals surface area contributed by atoms with Crippen LogP contribution in [-0.4, -0.2) is 49.0 Å². The van der Waals surface area contributed by atoms with Gasteiger partial charge in [0.05, 0.1) is 41.0 Å². The summed E-state index contributed by atoms with van der Waals surface area (Å²) < 4.78 is 10.8. The number of carboxylic acid groups (broad SMARTS) is 1. The fraction of sp³-hybridized carbons (Fsp3) is 0.538. The minimum absolute atomic E-state index is 0.393. The molecule has 2 heterocycles. The molecule has 1 saturated carbocycles. The van der Waals surface area contributed by atoms with Gasteiger partial charge in [0.15, 0.2) is 0 Å². The molecule has 1 aliphatic carbocycles. The maximum Gasteiger partial charge on any atom is 0.314 e. The van der Waals surface area contributed by atoms with Gasteiger partial charge in [0.1, 0.15) is 0 Å². The molecule has 0 bridgehead atoms. The van der Waals surface area contributed by atoms with Crippen molar-refractivity contribution in [3.05, 3.63) is 47.8 Å².